The number of urea groups is 1. The van der Waals surface area contributed by atoms with E-state index in [1.54, 1.807) is 24.3 Å². The van der Waals surface area contributed by atoms with Crippen LogP contribution in [0, 0.1) is 0 Å². The van der Waals surface area contributed by atoms with Gasteiger partial charge in [-0.2, -0.15) is 0 Å². The van der Waals surface area contributed by atoms with Crippen LogP contribution in [-0.2, 0) is 0 Å². The van der Waals surface area contributed by atoms with Gasteiger partial charge in [-0.25, -0.2) is 4.79 Å². The molecule has 0 saturated carbocycles. The summed E-state index contributed by atoms with van der Waals surface area (Å²) in [5, 5.41) is 5.87. The highest BCUT2D eigenvalue weighted by Crippen LogP contribution is 2.20. The van der Waals surface area contributed by atoms with E-state index < -0.39 is 0 Å². The van der Waals surface area contributed by atoms with Crippen LogP contribution in [0.3, 0.4) is 0 Å². The molecule has 6 heteroatoms. The normalized spacial score (nSPS) is 10.0. The number of hydrogen-bond acceptors (Lipinski definition) is 2. The summed E-state index contributed by atoms with van der Waals surface area (Å²) in [6.07, 6.45) is 0. The predicted molar refractivity (Wildman–Crippen MR) is 88.1 cm³/mol. The maximum Gasteiger partial charge on any atom is 0.319 e. The number of anilines is 1. The van der Waals surface area contributed by atoms with Crippen molar-refractivity contribution in [3.8, 4) is 5.75 Å². The zero-order valence-corrected chi connectivity index (χ0v) is 13.4. The van der Waals surface area contributed by atoms with E-state index in [1.165, 1.54) is 0 Å². The van der Waals surface area contributed by atoms with Crippen LogP contribution in [0.5, 0.6) is 5.75 Å². The molecule has 2 N–H and O–H groups in total. The Bertz CT molecular complexity index is 605. The molecule has 4 nitrogen and oxygen atoms in total. The summed E-state index contributed by atoms with van der Waals surface area (Å²) >= 11 is 9.30. The molecule has 0 fully saturated rings. The van der Waals surface area contributed by atoms with E-state index >= 15 is 0 Å². The maximum absolute atomic E-state index is 11.7. The fourth-order valence-electron chi connectivity index (χ4n) is 1.59. The number of rotatable bonds is 5. The molecule has 0 radical (unpaired) electrons. The third-order valence-electron chi connectivity index (χ3n) is 2.59. The molecule has 0 aromatic heterocycles. The lowest BCUT2D eigenvalue weighted by Crippen LogP contribution is -2.32. The molecule has 0 spiro atoms. The Morgan fingerprint density at radius 1 is 1.14 bits per heavy atom. The Kier molecular flexibility index (Phi) is 5.90. The molecule has 2 aromatic rings. The first-order valence-corrected chi connectivity index (χ1v) is 7.50. The summed E-state index contributed by atoms with van der Waals surface area (Å²) < 4.78 is 6.49. The Balaban J connectivity index is 1.70. The summed E-state index contributed by atoms with van der Waals surface area (Å²) in [4.78, 5) is 11.7. The van der Waals surface area contributed by atoms with E-state index in [2.05, 4.69) is 26.6 Å². The number of para-hydroxylation sites is 1. The summed E-state index contributed by atoms with van der Waals surface area (Å²) in [6, 6.07) is 14.2. The number of carbonyl (C=O) groups is 1. The summed E-state index contributed by atoms with van der Waals surface area (Å²) in [6.45, 7) is 0.782. The zero-order chi connectivity index (χ0) is 15.1. The van der Waals surface area contributed by atoms with Crippen molar-refractivity contribution in [1.82, 2.24) is 5.32 Å². The quantitative estimate of drug-likeness (QED) is 0.772. The molecule has 21 heavy (non-hydrogen) atoms. The Hall–Kier alpha value is -1.72. The molecule has 0 bridgehead atoms. The number of hydrogen-bond donors (Lipinski definition) is 2. The number of carbonyl (C=O) groups excluding carboxylic acids is 1. The molecule has 0 unspecified atom stereocenters. The molecule has 0 aliphatic heterocycles. The molecule has 110 valence electrons. The van der Waals surface area contributed by atoms with Crippen molar-refractivity contribution in [2.45, 2.75) is 0 Å². The first-order valence-electron chi connectivity index (χ1n) is 6.33. The molecular weight excluding hydrogens is 356 g/mol. The van der Waals surface area contributed by atoms with Gasteiger partial charge in [-0.15, -0.1) is 0 Å². The third kappa shape index (κ3) is 5.28. The molecular formula is C15H14BrClN2O2. The van der Waals surface area contributed by atoms with Crippen LogP contribution >= 0.6 is 27.5 Å². The Labute approximate surface area is 136 Å². The molecule has 0 aliphatic rings. The van der Waals surface area contributed by atoms with Crippen molar-refractivity contribution >= 4 is 39.2 Å². The second kappa shape index (κ2) is 7.90. The van der Waals surface area contributed by atoms with Gasteiger partial charge in [0, 0.05) is 4.47 Å². The molecule has 0 saturated heterocycles. The van der Waals surface area contributed by atoms with Gasteiger partial charge in [0.2, 0.25) is 0 Å². The van der Waals surface area contributed by atoms with Crippen LogP contribution in [-0.4, -0.2) is 19.2 Å². The minimum atomic E-state index is -0.317. The van der Waals surface area contributed by atoms with Crippen LogP contribution in [0.2, 0.25) is 5.02 Å². The van der Waals surface area contributed by atoms with E-state index in [-0.39, 0.29) is 6.03 Å². The monoisotopic (exact) mass is 368 g/mol. The largest absolute Gasteiger partial charge is 0.492 e. The van der Waals surface area contributed by atoms with Gasteiger partial charge in [-0.05, 0) is 36.4 Å². The number of ether oxygens (including phenoxy) is 1. The van der Waals surface area contributed by atoms with Crippen LogP contribution in [0.1, 0.15) is 0 Å². The van der Waals surface area contributed by atoms with Crippen molar-refractivity contribution in [3.05, 3.63) is 58.0 Å². The van der Waals surface area contributed by atoms with Crippen LogP contribution < -0.4 is 15.4 Å². The molecule has 2 aromatic carbocycles. The van der Waals surface area contributed by atoms with Gasteiger partial charge in [0.05, 0.1) is 17.3 Å². The number of amides is 2. The van der Waals surface area contributed by atoms with Crippen molar-refractivity contribution in [2.24, 2.45) is 0 Å². The van der Waals surface area contributed by atoms with E-state index in [9.17, 15) is 4.79 Å². The second-order valence-corrected chi connectivity index (χ2v) is 5.49. The van der Waals surface area contributed by atoms with E-state index in [0.717, 1.165) is 10.2 Å². The highest BCUT2D eigenvalue weighted by molar-refractivity contribution is 9.10. The fraction of sp³-hybridized carbons (Fsp3) is 0.133. The average Bonchev–Trinajstić information content (AvgIpc) is 2.48. The highest BCUT2D eigenvalue weighted by Gasteiger charge is 2.04. The van der Waals surface area contributed by atoms with Crippen molar-refractivity contribution in [2.75, 3.05) is 18.5 Å². The lowest BCUT2D eigenvalue weighted by molar-refractivity contribution is 0.247. The SMILES string of the molecule is O=C(NCCOc1ccc(Br)cc1)Nc1ccccc1Cl. The minimum Gasteiger partial charge on any atom is -0.492 e. The second-order valence-electron chi connectivity index (χ2n) is 4.16. The topological polar surface area (TPSA) is 50.4 Å². The zero-order valence-electron chi connectivity index (χ0n) is 11.1. The van der Waals surface area contributed by atoms with E-state index in [4.69, 9.17) is 16.3 Å². The highest BCUT2D eigenvalue weighted by atomic mass is 79.9. The van der Waals surface area contributed by atoms with Gasteiger partial charge in [0.15, 0.2) is 0 Å². The van der Waals surface area contributed by atoms with E-state index in [1.807, 2.05) is 24.3 Å². The Morgan fingerprint density at radius 3 is 2.57 bits per heavy atom. The summed E-state index contributed by atoms with van der Waals surface area (Å²) in [5.41, 5.74) is 0.575. The third-order valence-corrected chi connectivity index (χ3v) is 3.45. The first-order chi connectivity index (χ1) is 10.1. The van der Waals surface area contributed by atoms with Crippen LogP contribution in [0.25, 0.3) is 0 Å². The van der Waals surface area contributed by atoms with Gasteiger partial charge in [0.25, 0.3) is 0 Å². The van der Waals surface area contributed by atoms with Gasteiger partial charge in [-0.1, -0.05) is 39.7 Å². The lowest BCUT2D eigenvalue weighted by atomic mass is 10.3. The standard InChI is InChI=1S/C15H14BrClN2O2/c16-11-5-7-12(8-6-11)21-10-9-18-15(20)19-14-4-2-1-3-13(14)17/h1-8H,9-10H2,(H2,18,19,20). The van der Waals surface area contributed by atoms with Crippen LogP contribution in [0.15, 0.2) is 53.0 Å². The van der Waals surface area contributed by atoms with Gasteiger partial charge < -0.3 is 15.4 Å². The molecule has 0 heterocycles. The molecule has 2 rings (SSSR count). The molecule has 2 amide bonds. The van der Waals surface area contributed by atoms with E-state index in [0.29, 0.717) is 23.9 Å². The number of halogens is 2. The fourth-order valence-corrected chi connectivity index (χ4v) is 2.04. The lowest BCUT2D eigenvalue weighted by Gasteiger charge is -2.10. The van der Waals surface area contributed by atoms with Gasteiger partial charge in [-0.3, -0.25) is 0 Å². The summed E-state index contributed by atoms with van der Waals surface area (Å²) in [5.74, 6) is 0.756. The minimum absolute atomic E-state index is 0.317. The number of nitrogens with one attached hydrogen (secondary N) is 2. The predicted octanol–water partition coefficient (Wildman–Crippen LogP) is 4.30. The first kappa shape index (κ1) is 15.7. The van der Waals surface area contributed by atoms with Gasteiger partial charge in [0.1, 0.15) is 12.4 Å². The average molecular weight is 370 g/mol. The smallest absolute Gasteiger partial charge is 0.319 e. The molecule has 0 aliphatic carbocycles. The van der Waals surface area contributed by atoms with Gasteiger partial charge >= 0.3 is 6.03 Å². The summed E-state index contributed by atoms with van der Waals surface area (Å²) in [7, 11) is 0. The van der Waals surface area contributed by atoms with Crippen molar-refractivity contribution in [3.63, 3.8) is 0 Å². The Morgan fingerprint density at radius 2 is 1.86 bits per heavy atom. The molecule has 0 atom stereocenters. The van der Waals surface area contributed by atoms with Crippen molar-refractivity contribution in [1.29, 1.82) is 0 Å². The number of benzene rings is 2. The van der Waals surface area contributed by atoms with Crippen LogP contribution in [0.4, 0.5) is 10.5 Å². The maximum atomic E-state index is 11.7. The van der Waals surface area contributed by atoms with Crippen molar-refractivity contribution < 1.29 is 9.53 Å².